The van der Waals surface area contributed by atoms with Gasteiger partial charge in [-0.2, -0.15) is 0 Å². The molecule has 0 aromatic heterocycles. The van der Waals surface area contributed by atoms with Crippen LogP contribution in [0.3, 0.4) is 0 Å². The molecule has 0 fully saturated rings. The lowest BCUT2D eigenvalue weighted by Gasteiger charge is -2.37. The van der Waals surface area contributed by atoms with Crippen molar-refractivity contribution in [3.05, 3.63) is 47.5 Å². The number of hydrogen-bond donors (Lipinski definition) is 2. The van der Waals surface area contributed by atoms with Gasteiger partial charge in [-0.15, -0.1) is 0 Å². The number of benzene rings is 2. The minimum atomic E-state index is -0.462. The number of rotatable bonds is 4. The van der Waals surface area contributed by atoms with Crippen LogP contribution < -0.4 is 14.8 Å². The second kappa shape index (κ2) is 7.12. The molecular formula is C23H25NO5. The second-order valence-electron chi connectivity index (χ2n) is 7.94. The third-order valence-electron chi connectivity index (χ3n) is 5.32. The monoisotopic (exact) mass is 395 g/mol. The van der Waals surface area contributed by atoms with Gasteiger partial charge in [0.05, 0.1) is 19.1 Å². The smallest absolute Gasteiger partial charge is 0.309 e. The van der Waals surface area contributed by atoms with Gasteiger partial charge < -0.3 is 24.6 Å². The molecule has 4 rings (SSSR count). The molecule has 0 bridgehead atoms. The fourth-order valence-corrected chi connectivity index (χ4v) is 4.29. The Bertz CT molecular complexity index is 1010. The number of carbonyl (C=O) groups excluding carboxylic acids is 1. The number of carbonyl (C=O) groups is 1. The summed E-state index contributed by atoms with van der Waals surface area (Å²) in [5, 5.41) is 12.7. The quantitative estimate of drug-likeness (QED) is 0.594. The minimum Gasteiger partial charge on any atom is -0.484 e. The van der Waals surface area contributed by atoms with Crippen LogP contribution in [0.15, 0.2) is 36.4 Å². The zero-order valence-corrected chi connectivity index (χ0v) is 17.0. The van der Waals surface area contributed by atoms with E-state index < -0.39 is 12.9 Å². The van der Waals surface area contributed by atoms with E-state index >= 15 is 0 Å². The van der Waals surface area contributed by atoms with Crippen LogP contribution in [-0.4, -0.2) is 30.5 Å². The van der Waals surface area contributed by atoms with Gasteiger partial charge in [0.1, 0.15) is 17.6 Å². The predicted molar refractivity (Wildman–Crippen MR) is 111 cm³/mol. The standard InChI is InChI=1S/C23H25NO5/c1-13-11-23(2,3)24-17-7-6-15-16-9-14(28-12-25)5-8-18(16)29-19(10-20(26)27-4)22(15)21(13)17/h5-9,11,19,24-25H,10,12H2,1-4H3. The molecule has 6 heteroatoms. The number of esters is 1. The summed E-state index contributed by atoms with van der Waals surface area (Å²) in [5.74, 6) is 0.895. The van der Waals surface area contributed by atoms with E-state index in [1.54, 1.807) is 12.1 Å². The van der Waals surface area contributed by atoms with E-state index in [0.717, 1.165) is 33.5 Å². The van der Waals surface area contributed by atoms with Crippen molar-refractivity contribution in [1.29, 1.82) is 0 Å². The molecular weight excluding hydrogens is 370 g/mol. The highest BCUT2D eigenvalue weighted by Crippen LogP contribution is 2.50. The summed E-state index contributed by atoms with van der Waals surface area (Å²) < 4.78 is 16.4. The van der Waals surface area contributed by atoms with Crippen molar-refractivity contribution in [2.24, 2.45) is 0 Å². The SMILES string of the molecule is COC(=O)CC1Oc2ccc(OCO)cc2-c2ccc3c(c21)C(C)=CC(C)(C)N3. The number of anilines is 1. The van der Waals surface area contributed by atoms with Crippen molar-refractivity contribution in [1.82, 2.24) is 0 Å². The van der Waals surface area contributed by atoms with Gasteiger partial charge in [0, 0.05) is 22.4 Å². The van der Waals surface area contributed by atoms with Crippen molar-refractivity contribution in [3.8, 4) is 22.6 Å². The van der Waals surface area contributed by atoms with E-state index in [9.17, 15) is 4.79 Å². The molecule has 29 heavy (non-hydrogen) atoms. The molecule has 2 aromatic rings. The number of hydrogen-bond acceptors (Lipinski definition) is 6. The Balaban J connectivity index is 1.93. The first-order valence-corrected chi connectivity index (χ1v) is 9.59. The van der Waals surface area contributed by atoms with Gasteiger partial charge in [0.25, 0.3) is 0 Å². The average molecular weight is 395 g/mol. The molecule has 2 aliphatic rings. The summed E-state index contributed by atoms with van der Waals surface area (Å²) in [5.41, 5.74) is 5.83. The highest BCUT2D eigenvalue weighted by Gasteiger charge is 2.35. The second-order valence-corrected chi connectivity index (χ2v) is 7.94. The first-order valence-electron chi connectivity index (χ1n) is 9.59. The van der Waals surface area contributed by atoms with Crippen molar-refractivity contribution >= 4 is 17.2 Å². The lowest BCUT2D eigenvalue weighted by molar-refractivity contribution is -0.142. The zero-order valence-electron chi connectivity index (χ0n) is 17.0. The van der Waals surface area contributed by atoms with Gasteiger partial charge in [-0.25, -0.2) is 0 Å². The molecule has 0 saturated heterocycles. The van der Waals surface area contributed by atoms with Crippen LogP contribution in [0.25, 0.3) is 16.7 Å². The largest absolute Gasteiger partial charge is 0.484 e. The fourth-order valence-electron chi connectivity index (χ4n) is 4.29. The third-order valence-corrected chi connectivity index (χ3v) is 5.32. The van der Waals surface area contributed by atoms with Crippen molar-refractivity contribution < 1.29 is 24.1 Å². The highest BCUT2D eigenvalue weighted by molar-refractivity contribution is 5.90. The fraction of sp³-hybridized carbons (Fsp3) is 0.348. The molecule has 2 aliphatic heterocycles. The molecule has 0 spiro atoms. The minimum absolute atomic E-state index is 0.116. The summed E-state index contributed by atoms with van der Waals surface area (Å²) in [4.78, 5) is 12.1. The van der Waals surface area contributed by atoms with E-state index in [-0.39, 0.29) is 17.9 Å². The van der Waals surface area contributed by atoms with E-state index in [1.807, 2.05) is 12.1 Å². The van der Waals surface area contributed by atoms with Crippen LogP contribution in [0, 0.1) is 0 Å². The van der Waals surface area contributed by atoms with Crippen LogP contribution in [0.2, 0.25) is 0 Å². The van der Waals surface area contributed by atoms with Gasteiger partial charge in [-0.05, 0) is 56.2 Å². The number of nitrogens with one attached hydrogen (secondary N) is 1. The summed E-state index contributed by atoms with van der Waals surface area (Å²) in [6, 6.07) is 9.50. The Morgan fingerprint density at radius 2 is 2.03 bits per heavy atom. The molecule has 152 valence electrons. The zero-order chi connectivity index (χ0) is 20.8. The Morgan fingerprint density at radius 3 is 2.76 bits per heavy atom. The molecule has 1 unspecified atom stereocenters. The van der Waals surface area contributed by atoms with Crippen LogP contribution in [0.5, 0.6) is 11.5 Å². The van der Waals surface area contributed by atoms with Crippen molar-refractivity contribution in [2.45, 2.75) is 38.8 Å². The molecule has 2 heterocycles. The normalized spacial score (nSPS) is 18.2. The van der Waals surface area contributed by atoms with Gasteiger partial charge in [-0.3, -0.25) is 4.79 Å². The van der Waals surface area contributed by atoms with E-state index in [4.69, 9.17) is 19.3 Å². The third kappa shape index (κ3) is 3.44. The van der Waals surface area contributed by atoms with Gasteiger partial charge in [0.15, 0.2) is 6.79 Å². The Hall–Kier alpha value is -2.99. The van der Waals surface area contributed by atoms with Crippen LogP contribution in [0.4, 0.5) is 5.69 Å². The molecule has 0 saturated carbocycles. The van der Waals surface area contributed by atoms with E-state index in [1.165, 1.54) is 7.11 Å². The molecule has 2 N–H and O–H groups in total. The average Bonchev–Trinajstić information content (AvgIpc) is 2.67. The van der Waals surface area contributed by atoms with Gasteiger partial charge in [0.2, 0.25) is 0 Å². The number of aliphatic hydroxyl groups is 1. The van der Waals surface area contributed by atoms with Crippen LogP contribution in [0.1, 0.15) is 44.4 Å². The summed E-state index contributed by atoms with van der Waals surface area (Å²) >= 11 is 0. The number of allylic oxidation sites excluding steroid dienone is 1. The summed E-state index contributed by atoms with van der Waals surface area (Å²) in [6.45, 7) is 5.92. The first kappa shape index (κ1) is 19.3. The Morgan fingerprint density at radius 1 is 1.24 bits per heavy atom. The van der Waals surface area contributed by atoms with Crippen LogP contribution in [-0.2, 0) is 9.53 Å². The maximum Gasteiger partial charge on any atom is 0.309 e. The molecule has 6 nitrogen and oxygen atoms in total. The van der Waals surface area contributed by atoms with Crippen molar-refractivity contribution in [2.75, 3.05) is 19.2 Å². The van der Waals surface area contributed by atoms with Gasteiger partial charge >= 0.3 is 5.97 Å². The maximum absolute atomic E-state index is 12.1. The van der Waals surface area contributed by atoms with E-state index in [0.29, 0.717) is 11.5 Å². The van der Waals surface area contributed by atoms with Crippen molar-refractivity contribution in [3.63, 3.8) is 0 Å². The predicted octanol–water partition coefficient (Wildman–Crippen LogP) is 4.29. The highest BCUT2D eigenvalue weighted by atomic mass is 16.6. The van der Waals surface area contributed by atoms with E-state index in [2.05, 4.69) is 38.2 Å². The maximum atomic E-state index is 12.1. The van der Waals surface area contributed by atoms with Crippen LogP contribution >= 0.6 is 0 Å². The number of methoxy groups -OCH3 is 1. The molecule has 0 radical (unpaired) electrons. The summed E-state index contributed by atoms with van der Waals surface area (Å²) in [6.07, 6.45) is 1.84. The Labute approximate surface area is 170 Å². The number of aliphatic hydroxyl groups excluding tert-OH is 1. The topological polar surface area (TPSA) is 77.0 Å². The number of fused-ring (bicyclic) bond motifs is 5. The molecule has 1 atom stereocenters. The number of ether oxygens (including phenoxy) is 3. The first-order chi connectivity index (χ1) is 13.8. The lowest BCUT2D eigenvalue weighted by Crippen LogP contribution is -2.32. The molecule has 0 aliphatic carbocycles. The molecule has 2 aromatic carbocycles. The summed E-state index contributed by atoms with van der Waals surface area (Å²) in [7, 11) is 1.38. The van der Waals surface area contributed by atoms with Gasteiger partial charge in [-0.1, -0.05) is 12.1 Å². The Kier molecular flexibility index (Phi) is 4.74. The molecule has 0 amide bonds. The lowest BCUT2D eigenvalue weighted by atomic mass is 9.81.